The van der Waals surface area contributed by atoms with Gasteiger partial charge in [-0.3, -0.25) is 14.5 Å². The normalized spacial score (nSPS) is 46.9. The number of quaternary nitrogens is 1. The van der Waals surface area contributed by atoms with E-state index in [9.17, 15) is 9.59 Å². The van der Waals surface area contributed by atoms with Gasteiger partial charge >= 0.3 is 11.9 Å². The van der Waals surface area contributed by atoms with E-state index in [1.165, 1.54) is 90.1 Å². The van der Waals surface area contributed by atoms with Gasteiger partial charge in [-0.05, 0) is 113 Å². The predicted molar refractivity (Wildman–Crippen MR) is 156 cm³/mol. The van der Waals surface area contributed by atoms with Crippen LogP contribution in [0.2, 0.25) is 0 Å². The Balaban J connectivity index is 1.29. The molecule has 2 heterocycles. The van der Waals surface area contributed by atoms with Crippen LogP contribution in [0.15, 0.2) is 0 Å². The molecule has 1 unspecified atom stereocenters. The maximum absolute atomic E-state index is 12.5. The Labute approximate surface area is 243 Å². The van der Waals surface area contributed by atoms with Crippen LogP contribution in [0.1, 0.15) is 111 Å². The first kappa shape index (κ1) is 29.0. The molecule has 2 saturated heterocycles. The first-order valence-corrected chi connectivity index (χ1v) is 17.0. The van der Waals surface area contributed by atoms with Crippen LogP contribution in [0.5, 0.6) is 0 Å². The number of nitrogens with zero attached hydrogens (tertiary/aromatic N) is 2. The summed E-state index contributed by atoms with van der Waals surface area (Å²) in [6.45, 7) is 13.1. The Kier molecular flexibility index (Phi) is 7.85. The van der Waals surface area contributed by atoms with Crippen molar-refractivity contribution in [1.82, 2.24) is 4.90 Å². The molecule has 0 aromatic rings. The van der Waals surface area contributed by atoms with Gasteiger partial charge in [-0.2, -0.15) is 0 Å². The van der Waals surface area contributed by atoms with Gasteiger partial charge in [0.25, 0.3) is 0 Å². The maximum Gasteiger partial charge on any atom is 0.303 e. The first-order chi connectivity index (χ1) is 19.0. The quantitative estimate of drug-likeness (QED) is 0.315. The Hall–Kier alpha value is -1.14. The highest BCUT2D eigenvalue weighted by atomic mass is 16.5. The number of carbonyl (C=O) groups excluding carboxylic acids is 2. The number of ether oxygens (including phenoxy) is 2. The maximum atomic E-state index is 12.5. The molecule has 0 radical (unpaired) electrons. The Morgan fingerprint density at radius 2 is 1.48 bits per heavy atom. The first-order valence-electron chi connectivity index (χ1n) is 17.0. The molecule has 0 spiro atoms. The molecule has 0 bridgehead atoms. The van der Waals surface area contributed by atoms with Crippen molar-refractivity contribution in [2.45, 2.75) is 135 Å². The molecule has 6 nitrogen and oxygen atoms in total. The van der Waals surface area contributed by atoms with E-state index >= 15 is 0 Å². The molecule has 40 heavy (non-hydrogen) atoms. The summed E-state index contributed by atoms with van der Waals surface area (Å²) in [4.78, 5) is 27.4. The standard InChI is InChI=1S/C34H57N2O4/c1-23(37)39-31-20-25-12-13-26-27(34(25,4)22-29(31)35-16-8-6-9-17-35)14-15-33(3)28(26)21-30(32(33)40-24(2)38)36(5)18-10-7-11-19-36/h25-32H,6-22H2,1-5H3/q+1/t25-,26+,27-,28-,29-,30-,31-,32-,33?,34-/m0/s1. The monoisotopic (exact) mass is 557 g/mol. The van der Waals surface area contributed by atoms with Gasteiger partial charge in [0.1, 0.15) is 12.1 Å². The highest BCUT2D eigenvalue weighted by Crippen LogP contribution is 2.67. The summed E-state index contributed by atoms with van der Waals surface area (Å²) in [6, 6.07) is 0.796. The van der Waals surface area contributed by atoms with Gasteiger partial charge in [-0.25, -0.2) is 0 Å². The third-order valence-corrected chi connectivity index (χ3v) is 13.7. The lowest BCUT2D eigenvalue weighted by molar-refractivity contribution is -0.940. The number of esters is 2. The van der Waals surface area contributed by atoms with Gasteiger partial charge in [0.2, 0.25) is 0 Å². The zero-order valence-corrected chi connectivity index (χ0v) is 26.2. The molecule has 0 aromatic heterocycles. The van der Waals surface area contributed by atoms with Gasteiger partial charge in [-0.1, -0.05) is 20.3 Å². The number of rotatable bonds is 4. The molecular formula is C34H57N2O4+. The van der Waals surface area contributed by atoms with E-state index in [2.05, 4.69) is 25.8 Å². The Bertz CT molecular complexity index is 958. The number of likely N-dealkylation sites (N-methyl/N-ethyl adjacent to an activating group) is 1. The van der Waals surface area contributed by atoms with Gasteiger partial charge in [0.05, 0.1) is 20.1 Å². The lowest BCUT2D eigenvalue weighted by Gasteiger charge is -2.62. The number of fused-ring (bicyclic) bond motifs is 5. The molecule has 0 aromatic carbocycles. The fourth-order valence-corrected chi connectivity index (χ4v) is 11.7. The number of likely N-dealkylation sites (tertiary alicyclic amines) is 2. The van der Waals surface area contributed by atoms with Crippen LogP contribution >= 0.6 is 0 Å². The highest BCUT2D eigenvalue weighted by molar-refractivity contribution is 5.66. The van der Waals surface area contributed by atoms with Gasteiger partial charge < -0.3 is 14.0 Å². The fraction of sp³-hybridized carbons (Fsp3) is 0.941. The zero-order chi connectivity index (χ0) is 28.3. The molecule has 4 aliphatic carbocycles. The number of piperidine rings is 2. The van der Waals surface area contributed by atoms with Crippen molar-refractivity contribution < 1.29 is 23.5 Å². The molecule has 6 rings (SSSR count). The van der Waals surface area contributed by atoms with Gasteiger partial charge in [0.15, 0.2) is 6.10 Å². The lowest BCUT2D eigenvalue weighted by atomic mass is 9.44. The van der Waals surface area contributed by atoms with Crippen LogP contribution in [-0.4, -0.2) is 78.8 Å². The van der Waals surface area contributed by atoms with Crippen LogP contribution in [-0.2, 0) is 19.1 Å². The second-order valence-electron chi connectivity index (χ2n) is 15.8. The minimum atomic E-state index is -0.111. The lowest BCUT2D eigenvalue weighted by Crippen LogP contribution is -2.61. The fourth-order valence-electron chi connectivity index (χ4n) is 11.7. The minimum Gasteiger partial charge on any atom is -0.461 e. The Morgan fingerprint density at radius 1 is 0.800 bits per heavy atom. The van der Waals surface area contributed by atoms with Crippen LogP contribution < -0.4 is 0 Å². The van der Waals surface area contributed by atoms with Gasteiger partial charge in [-0.15, -0.1) is 0 Å². The van der Waals surface area contributed by atoms with Crippen LogP contribution in [0.25, 0.3) is 0 Å². The number of carbonyl (C=O) groups is 2. The third-order valence-electron chi connectivity index (χ3n) is 13.7. The average molecular weight is 558 g/mol. The average Bonchev–Trinajstić information content (AvgIpc) is 3.21. The molecule has 6 heteroatoms. The van der Waals surface area contributed by atoms with Crippen molar-refractivity contribution in [3.05, 3.63) is 0 Å². The molecule has 10 atom stereocenters. The summed E-state index contributed by atoms with van der Waals surface area (Å²) >= 11 is 0. The molecule has 0 N–H and O–H groups in total. The van der Waals surface area contributed by atoms with Crippen molar-refractivity contribution >= 4 is 11.9 Å². The van der Waals surface area contributed by atoms with Crippen molar-refractivity contribution in [3.8, 4) is 0 Å². The van der Waals surface area contributed by atoms with E-state index in [1.54, 1.807) is 13.8 Å². The summed E-state index contributed by atoms with van der Waals surface area (Å²) in [7, 11) is 2.47. The molecule has 6 aliphatic rings. The van der Waals surface area contributed by atoms with E-state index in [0.29, 0.717) is 35.3 Å². The van der Waals surface area contributed by atoms with Crippen molar-refractivity contribution in [2.24, 2.45) is 34.5 Å². The number of hydrogen-bond donors (Lipinski definition) is 0. The molecule has 226 valence electrons. The van der Waals surface area contributed by atoms with Crippen LogP contribution in [0.4, 0.5) is 0 Å². The van der Waals surface area contributed by atoms with E-state index < -0.39 is 0 Å². The summed E-state index contributed by atoms with van der Waals surface area (Å²) in [6.07, 6.45) is 16.3. The van der Waals surface area contributed by atoms with Crippen LogP contribution in [0.3, 0.4) is 0 Å². The van der Waals surface area contributed by atoms with E-state index in [4.69, 9.17) is 9.47 Å². The van der Waals surface area contributed by atoms with Crippen molar-refractivity contribution in [1.29, 1.82) is 0 Å². The van der Waals surface area contributed by atoms with E-state index in [-0.39, 0.29) is 29.6 Å². The smallest absolute Gasteiger partial charge is 0.303 e. The molecule has 6 fully saturated rings. The predicted octanol–water partition coefficient (Wildman–Crippen LogP) is 5.97. The van der Waals surface area contributed by atoms with E-state index in [0.717, 1.165) is 29.9 Å². The largest absolute Gasteiger partial charge is 0.461 e. The molecule has 4 saturated carbocycles. The number of hydrogen-bond acceptors (Lipinski definition) is 5. The molecule has 2 aliphatic heterocycles. The molecule has 0 amide bonds. The minimum absolute atomic E-state index is 0.0466. The van der Waals surface area contributed by atoms with Crippen molar-refractivity contribution in [3.63, 3.8) is 0 Å². The second-order valence-corrected chi connectivity index (χ2v) is 15.8. The molecular weight excluding hydrogens is 500 g/mol. The highest BCUT2D eigenvalue weighted by Gasteiger charge is 2.67. The topological polar surface area (TPSA) is 55.8 Å². The Morgan fingerprint density at radius 3 is 2.15 bits per heavy atom. The summed E-state index contributed by atoms with van der Waals surface area (Å²) in [5.74, 6) is 2.50. The summed E-state index contributed by atoms with van der Waals surface area (Å²) < 4.78 is 13.5. The second kappa shape index (κ2) is 10.8. The van der Waals surface area contributed by atoms with Gasteiger partial charge in [0, 0.05) is 31.7 Å². The van der Waals surface area contributed by atoms with Crippen LogP contribution in [0, 0.1) is 34.5 Å². The zero-order valence-electron chi connectivity index (χ0n) is 26.2. The summed E-state index contributed by atoms with van der Waals surface area (Å²) in [5.41, 5.74) is 0.377. The third kappa shape index (κ3) is 4.85. The SMILES string of the molecule is CC(=O)O[C@H]1C[C@@H]2CC[C@H]3[C@@H]4C[C@H]([N+]5(C)CCCCC5)[C@H](OC(C)=O)C4(C)CC[C@@H]3[C@@]2(C)C[C@@H]1N1CCCCC1. The summed E-state index contributed by atoms with van der Waals surface area (Å²) in [5, 5.41) is 0. The van der Waals surface area contributed by atoms with Crippen molar-refractivity contribution in [2.75, 3.05) is 33.2 Å². The van der Waals surface area contributed by atoms with E-state index in [1.807, 2.05) is 0 Å².